The maximum absolute atomic E-state index is 12.6. The summed E-state index contributed by atoms with van der Waals surface area (Å²) in [4.78, 5) is 0. The van der Waals surface area contributed by atoms with E-state index in [1.165, 1.54) is 0 Å². The van der Waals surface area contributed by atoms with Crippen molar-refractivity contribution in [2.45, 2.75) is 6.54 Å². The van der Waals surface area contributed by atoms with E-state index in [0.29, 0.717) is 18.5 Å². The summed E-state index contributed by atoms with van der Waals surface area (Å²) in [5.41, 5.74) is 1.90. The van der Waals surface area contributed by atoms with Crippen molar-refractivity contribution in [2.75, 3.05) is 3.92 Å². The molecule has 1 aliphatic heterocycles. The molecule has 110 valence electrons. The monoisotopic (exact) mass is 423 g/mol. The summed E-state index contributed by atoms with van der Waals surface area (Å²) in [5, 5.41) is 8.12. The number of aromatic nitrogens is 2. The van der Waals surface area contributed by atoms with Gasteiger partial charge < -0.3 is 0 Å². The standard InChI is InChI=1S/C15H10BrN3O2Se/c16-12-7-5-10(6-8-12)14-17-18-15(21-14)19-9-11-3-1-2-4-13(11)22(19)20/h1-8H,9H2. The third-order valence-electron chi connectivity index (χ3n) is 3.39. The molecule has 0 N–H and O–H groups in total. The molecule has 0 fully saturated rings. The number of halogens is 1. The van der Waals surface area contributed by atoms with Gasteiger partial charge in [-0.25, -0.2) is 0 Å². The zero-order valence-corrected chi connectivity index (χ0v) is 14.6. The van der Waals surface area contributed by atoms with Crippen LogP contribution in [0.25, 0.3) is 11.5 Å². The van der Waals surface area contributed by atoms with E-state index in [0.717, 1.165) is 20.1 Å². The van der Waals surface area contributed by atoms with Crippen molar-refractivity contribution in [1.82, 2.24) is 10.2 Å². The van der Waals surface area contributed by atoms with Gasteiger partial charge in [0.2, 0.25) is 0 Å². The molecule has 4 rings (SSSR count). The predicted molar refractivity (Wildman–Crippen MR) is 86.1 cm³/mol. The first-order valence-electron chi connectivity index (χ1n) is 6.59. The Morgan fingerprint density at radius 1 is 1.09 bits per heavy atom. The number of hydrogen-bond donors (Lipinski definition) is 0. The third-order valence-corrected chi connectivity index (χ3v) is 6.99. The zero-order chi connectivity index (χ0) is 15.1. The Balaban J connectivity index is 1.66. The summed E-state index contributed by atoms with van der Waals surface area (Å²) in [6.07, 6.45) is 0. The van der Waals surface area contributed by atoms with E-state index in [9.17, 15) is 3.83 Å². The molecule has 0 aliphatic carbocycles. The number of fused-ring (bicyclic) bond motifs is 1. The molecule has 1 aliphatic rings. The summed E-state index contributed by atoms with van der Waals surface area (Å²) in [6.45, 7) is 0.548. The van der Waals surface area contributed by atoms with Crippen molar-refractivity contribution < 1.29 is 8.25 Å². The van der Waals surface area contributed by atoms with Gasteiger partial charge in [-0.15, -0.1) is 0 Å². The van der Waals surface area contributed by atoms with Crippen LogP contribution in [0.3, 0.4) is 0 Å². The molecule has 1 atom stereocenters. The SMILES string of the molecule is O=[Se]1c2ccccc2CN1c1nnc(-c2ccc(Br)cc2)o1. The van der Waals surface area contributed by atoms with Gasteiger partial charge >= 0.3 is 139 Å². The Labute approximate surface area is 139 Å². The molecular weight excluding hydrogens is 413 g/mol. The van der Waals surface area contributed by atoms with Crippen LogP contribution >= 0.6 is 15.9 Å². The second-order valence-electron chi connectivity index (χ2n) is 4.79. The molecule has 0 radical (unpaired) electrons. The fourth-order valence-electron chi connectivity index (χ4n) is 2.30. The molecule has 0 saturated carbocycles. The van der Waals surface area contributed by atoms with Crippen molar-refractivity contribution >= 4 is 40.5 Å². The average Bonchev–Trinajstić information content (AvgIpc) is 3.14. The summed E-state index contributed by atoms with van der Waals surface area (Å²) in [7, 11) is 0. The molecular formula is C15H10BrN3O2Se. The van der Waals surface area contributed by atoms with Crippen LogP contribution in [0.15, 0.2) is 57.4 Å². The van der Waals surface area contributed by atoms with E-state index in [1.807, 2.05) is 48.5 Å². The molecule has 0 saturated heterocycles. The molecule has 0 amide bonds. The molecule has 3 aromatic rings. The summed E-state index contributed by atoms with van der Waals surface area (Å²) < 4.78 is 21.9. The second-order valence-corrected chi connectivity index (χ2v) is 8.60. The van der Waals surface area contributed by atoms with Crippen LogP contribution in [0.1, 0.15) is 5.56 Å². The van der Waals surface area contributed by atoms with E-state index in [4.69, 9.17) is 4.42 Å². The van der Waals surface area contributed by atoms with Gasteiger partial charge in [0, 0.05) is 0 Å². The number of rotatable bonds is 2. The predicted octanol–water partition coefficient (Wildman–Crippen LogP) is 2.65. The molecule has 5 nitrogen and oxygen atoms in total. The van der Waals surface area contributed by atoms with Gasteiger partial charge in [-0.05, 0) is 0 Å². The second kappa shape index (κ2) is 5.43. The van der Waals surface area contributed by atoms with Crippen molar-refractivity contribution in [2.24, 2.45) is 0 Å². The summed E-state index contributed by atoms with van der Waals surface area (Å²) in [6, 6.07) is 15.7. The first kappa shape index (κ1) is 13.8. The minimum absolute atomic E-state index is 0.314. The van der Waals surface area contributed by atoms with E-state index < -0.39 is 14.1 Å². The number of hydrogen-bond acceptors (Lipinski definition) is 4. The number of anilines is 1. The molecule has 0 bridgehead atoms. The van der Waals surface area contributed by atoms with Gasteiger partial charge in [0.15, 0.2) is 0 Å². The van der Waals surface area contributed by atoms with Gasteiger partial charge in [-0.3, -0.25) is 0 Å². The van der Waals surface area contributed by atoms with Crippen LogP contribution in [0, 0.1) is 0 Å². The van der Waals surface area contributed by atoms with Crippen LogP contribution < -0.4 is 8.38 Å². The number of benzene rings is 2. The topological polar surface area (TPSA) is 59.2 Å². The minimum atomic E-state index is -2.35. The Morgan fingerprint density at radius 3 is 2.64 bits per heavy atom. The van der Waals surface area contributed by atoms with Crippen molar-refractivity contribution in [3.05, 3.63) is 58.6 Å². The van der Waals surface area contributed by atoms with E-state index in [2.05, 4.69) is 26.1 Å². The summed E-state index contributed by atoms with van der Waals surface area (Å²) >= 11 is 1.04. The van der Waals surface area contributed by atoms with Crippen molar-refractivity contribution in [3.8, 4) is 11.5 Å². The van der Waals surface area contributed by atoms with Crippen LogP contribution in [0.5, 0.6) is 0 Å². The first-order chi connectivity index (χ1) is 10.7. The fraction of sp³-hybridized carbons (Fsp3) is 0.0667. The fourth-order valence-corrected chi connectivity index (χ4v) is 5.21. The number of nitrogens with zero attached hydrogens (tertiary/aromatic N) is 3. The Morgan fingerprint density at radius 2 is 1.86 bits per heavy atom. The van der Waals surface area contributed by atoms with Gasteiger partial charge in [-0.2, -0.15) is 0 Å². The quantitative estimate of drug-likeness (QED) is 0.594. The Kier molecular flexibility index (Phi) is 3.41. The normalized spacial score (nSPS) is 16.8. The van der Waals surface area contributed by atoms with E-state index in [-0.39, 0.29) is 0 Å². The van der Waals surface area contributed by atoms with Gasteiger partial charge in [-0.1, -0.05) is 0 Å². The molecule has 2 heterocycles. The van der Waals surface area contributed by atoms with E-state index in [1.54, 1.807) is 3.92 Å². The first-order valence-corrected chi connectivity index (χ1v) is 9.70. The van der Waals surface area contributed by atoms with Crippen molar-refractivity contribution in [3.63, 3.8) is 0 Å². The Bertz CT molecular complexity index is 863. The third kappa shape index (κ3) is 2.31. The molecule has 22 heavy (non-hydrogen) atoms. The van der Waals surface area contributed by atoms with Gasteiger partial charge in [0.1, 0.15) is 0 Å². The van der Waals surface area contributed by atoms with Crippen LogP contribution in [0.2, 0.25) is 0 Å². The van der Waals surface area contributed by atoms with E-state index >= 15 is 0 Å². The molecule has 1 aromatic heterocycles. The van der Waals surface area contributed by atoms with Gasteiger partial charge in [0.25, 0.3) is 0 Å². The van der Waals surface area contributed by atoms with Gasteiger partial charge in [0.05, 0.1) is 0 Å². The molecule has 2 aromatic carbocycles. The van der Waals surface area contributed by atoms with Crippen LogP contribution in [0.4, 0.5) is 6.01 Å². The van der Waals surface area contributed by atoms with Crippen molar-refractivity contribution in [1.29, 1.82) is 0 Å². The van der Waals surface area contributed by atoms with Crippen LogP contribution in [-0.4, -0.2) is 24.2 Å². The summed E-state index contributed by atoms with van der Waals surface area (Å²) in [5.74, 6) is 0.428. The average molecular weight is 423 g/mol. The molecule has 7 heteroatoms. The molecule has 0 spiro atoms. The zero-order valence-electron chi connectivity index (χ0n) is 11.3. The maximum atomic E-state index is 12.6. The Hall–Kier alpha value is -1.82. The molecule has 1 unspecified atom stereocenters. The van der Waals surface area contributed by atoms with Crippen LogP contribution in [-0.2, 0) is 10.4 Å².